The SMILES string of the molecule is CCC(CCO)CN(C=C(C)C)/C=C(\C)c1ccc(F)cc1. The summed E-state index contributed by atoms with van der Waals surface area (Å²) in [5, 5.41) is 9.16. The molecular weight excluding hydrogens is 277 g/mol. The maximum atomic E-state index is 13.0. The summed E-state index contributed by atoms with van der Waals surface area (Å²) in [5.41, 5.74) is 3.34. The van der Waals surface area contributed by atoms with Gasteiger partial charge in [0.15, 0.2) is 0 Å². The van der Waals surface area contributed by atoms with Crippen LogP contribution in [0.1, 0.15) is 46.1 Å². The topological polar surface area (TPSA) is 23.5 Å². The zero-order chi connectivity index (χ0) is 16.5. The molecule has 1 atom stereocenters. The smallest absolute Gasteiger partial charge is 0.123 e. The molecule has 0 radical (unpaired) electrons. The molecule has 2 nitrogen and oxygen atoms in total. The summed E-state index contributed by atoms with van der Waals surface area (Å²) in [6.45, 7) is 9.42. The van der Waals surface area contributed by atoms with Crippen molar-refractivity contribution in [2.24, 2.45) is 5.92 Å². The van der Waals surface area contributed by atoms with E-state index in [0.29, 0.717) is 5.92 Å². The lowest BCUT2D eigenvalue weighted by Crippen LogP contribution is -2.21. The van der Waals surface area contributed by atoms with Gasteiger partial charge in [0.1, 0.15) is 5.82 Å². The summed E-state index contributed by atoms with van der Waals surface area (Å²) in [4.78, 5) is 2.18. The summed E-state index contributed by atoms with van der Waals surface area (Å²) in [6.07, 6.45) is 6.07. The number of allylic oxidation sites excluding steroid dienone is 2. The Bertz CT molecular complexity index is 501. The first-order valence-electron chi connectivity index (χ1n) is 7.92. The highest BCUT2D eigenvalue weighted by atomic mass is 19.1. The molecule has 0 bridgehead atoms. The highest BCUT2D eigenvalue weighted by molar-refractivity contribution is 5.63. The monoisotopic (exact) mass is 305 g/mol. The quantitative estimate of drug-likeness (QED) is 0.744. The third kappa shape index (κ3) is 6.44. The molecule has 3 heteroatoms. The van der Waals surface area contributed by atoms with Gasteiger partial charge in [-0.2, -0.15) is 0 Å². The minimum absolute atomic E-state index is 0.216. The molecule has 0 saturated carbocycles. The zero-order valence-electron chi connectivity index (χ0n) is 14.1. The predicted molar refractivity (Wildman–Crippen MR) is 91.7 cm³/mol. The van der Waals surface area contributed by atoms with Crippen molar-refractivity contribution in [3.05, 3.63) is 53.6 Å². The molecule has 0 aliphatic rings. The molecular formula is C19H28FNO. The van der Waals surface area contributed by atoms with E-state index in [-0.39, 0.29) is 12.4 Å². The van der Waals surface area contributed by atoms with Crippen LogP contribution in [0.3, 0.4) is 0 Å². The van der Waals surface area contributed by atoms with Gasteiger partial charge in [-0.3, -0.25) is 0 Å². The number of hydrogen-bond donors (Lipinski definition) is 1. The largest absolute Gasteiger partial charge is 0.396 e. The van der Waals surface area contributed by atoms with Crippen LogP contribution in [-0.4, -0.2) is 23.2 Å². The molecule has 0 saturated heterocycles. The second-order valence-corrected chi connectivity index (χ2v) is 6.01. The zero-order valence-corrected chi connectivity index (χ0v) is 14.1. The first-order valence-corrected chi connectivity index (χ1v) is 7.92. The van der Waals surface area contributed by atoms with Crippen LogP contribution < -0.4 is 0 Å². The van der Waals surface area contributed by atoms with Crippen LogP contribution in [0.2, 0.25) is 0 Å². The van der Waals surface area contributed by atoms with Crippen molar-refractivity contribution in [2.45, 2.75) is 40.5 Å². The number of rotatable bonds is 8. The van der Waals surface area contributed by atoms with Crippen molar-refractivity contribution in [3.63, 3.8) is 0 Å². The fraction of sp³-hybridized carbons (Fsp3) is 0.474. The fourth-order valence-electron chi connectivity index (χ4n) is 2.42. The van der Waals surface area contributed by atoms with E-state index in [1.807, 2.05) is 6.92 Å². The van der Waals surface area contributed by atoms with Crippen LogP contribution in [0.15, 0.2) is 42.2 Å². The molecule has 1 aromatic rings. The fourth-order valence-corrected chi connectivity index (χ4v) is 2.42. The van der Waals surface area contributed by atoms with Crippen LogP contribution in [0, 0.1) is 11.7 Å². The molecule has 1 unspecified atom stereocenters. The van der Waals surface area contributed by atoms with E-state index < -0.39 is 0 Å². The van der Waals surface area contributed by atoms with Crippen molar-refractivity contribution in [1.82, 2.24) is 4.90 Å². The molecule has 122 valence electrons. The minimum Gasteiger partial charge on any atom is -0.396 e. The number of halogens is 1. The number of aliphatic hydroxyl groups is 1. The summed E-state index contributed by atoms with van der Waals surface area (Å²) in [5.74, 6) is 0.240. The average molecular weight is 305 g/mol. The van der Waals surface area contributed by atoms with Crippen molar-refractivity contribution >= 4 is 5.57 Å². The van der Waals surface area contributed by atoms with Crippen LogP contribution in [0.4, 0.5) is 4.39 Å². The van der Waals surface area contributed by atoms with E-state index in [2.05, 4.69) is 38.1 Å². The average Bonchev–Trinajstić information content (AvgIpc) is 2.46. The van der Waals surface area contributed by atoms with E-state index >= 15 is 0 Å². The molecule has 22 heavy (non-hydrogen) atoms. The Morgan fingerprint density at radius 1 is 1.18 bits per heavy atom. The molecule has 1 N–H and O–H groups in total. The molecule has 0 heterocycles. The highest BCUT2D eigenvalue weighted by Crippen LogP contribution is 2.18. The lowest BCUT2D eigenvalue weighted by molar-refractivity contribution is 0.238. The standard InChI is InChI=1S/C19H28FNO/c1-5-17(10-11-22)14-21(12-15(2)3)13-16(4)18-6-8-19(20)9-7-18/h6-9,12-13,17,22H,5,10-11,14H2,1-4H3/b16-13+. The minimum atomic E-state index is -0.216. The number of benzene rings is 1. The lowest BCUT2D eigenvalue weighted by atomic mass is 10.0. The Balaban J connectivity index is 2.93. The van der Waals surface area contributed by atoms with Crippen molar-refractivity contribution < 1.29 is 9.50 Å². The normalized spacial score (nSPS) is 12.9. The van der Waals surface area contributed by atoms with Crippen molar-refractivity contribution in [2.75, 3.05) is 13.2 Å². The third-order valence-electron chi connectivity index (χ3n) is 3.67. The van der Waals surface area contributed by atoms with Crippen molar-refractivity contribution in [1.29, 1.82) is 0 Å². The van der Waals surface area contributed by atoms with Gasteiger partial charge in [-0.15, -0.1) is 0 Å². The third-order valence-corrected chi connectivity index (χ3v) is 3.67. The van der Waals surface area contributed by atoms with E-state index in [1.165, 1.54) is 17.7 Å². The maximum absolute atomic E-state index is 13.0. The van der Waals surface area contributed by atoms with Gasteiger partial charge in [-0.25, -0.2) is 4.39 Å². The summed E-state index contributed by atoms with van der Waals surface area (Å²) < 4.78 is 13.0. The van der Waals surface area contributed by atoms with E-state index in [1.54, 1.807) is 12.1 Å². The van der Waals surface area contributed by atoms with E-state index in [9.17, 15) is 4.39 Å². The molecule has 0 aromatic heterocycles. The number of nitrogens with zero attached hydrogens (tertiary/aromatic N) is 1. The summed E-state index contributed by atoms with van der Waals surface area (Å²) in [6, 6.07) is 6.57. The van der Waals surface area contributed by atoms with Crippen LogP contribution in [0.5, 0.6) is 0 Å². The second-order valence-electron chi connectivity index (χ2n) is 6.01. The molecule has 0 amide bonds. The summed E-state index contributed by atoms with van der Waals surface area (Å²) in [7, 11) is 0. The van der Waals surface area contributed by atoms with Crippen molar-refractivity contribution in [3.8, 4) is 0 Å². The van der Waals surface area contributed by atoms with Crippen LogP contribution in [-0.2, 0) is 0 Å². The molecule has 0 aliphatic carbocycles. The Hall–Kier alpha value is -1.61. The van der Waals surface area contributed by atoms with Gasteiger partial charge >= 0.3 is 0 Å². The van der Waals surface area contributed by atoms with Gasteiger partial charge in [0.25, 0.3) is 0 Å². The Morgan fingerprint density at radius 3 is 2.32 bits per heavy atom. The lowest BCUT2D eigenvalue weighted by Gasteiger charge is -2.24. The molecule has 0 spiro atoms. The highest BCUT2D eigenvalue weighted by Gasteiger charge is 2.09. The van der Waals surface area contributed by atoms with Crippen LogP contribution >= 0.6 is 0 Å². The van der Waals surface area contributed by atoms with E-state index in [4.69, 9.17) is 5.11 Å². The van der Waals surface area contributed by atoms with E-state index in [0.717, 1.165) is 30.5 Å². The van der Waals surface area contributed by atoms with Gasteiger partial charge < -0.3 is 10.0 Å². The Labute approximate surface area is 134 Å². The molecule has 0 aliphatic heterocycles. The number of aliphatic hydroxyl groups excluding tert-OH is 1. The number of hydrogen-bond acceptors (Lipinski definition) is 2. The molecule has 1 rings (SSSR count). The Kier molecular flexibility index (Phi) is 7.89. The van der Waals surface area contributed by atoms with Gasteiger partial charge in [-0.05, 0) is 56.4 Å². The Morgan fingerprint density at radius 2 is 1.82 bits per heavy atom. The molecule has 0 fully saturated rings. The summed E-state index contributed by atoms with van der Waals surface area (Å²) >= 11 is 0. The predicted octanol–water partition coefficient (Wildman–Crippen LogP) is 4.82. The molecule has 1 aromatic carbocycles. The van der Waals surface area contributed by atoms with Gasteiger partial charge in [0, 0.05) is 25.6 Å². The maximum Gasteiger partial charge on any atom is 0.123 e. The van der Waals surface area contributed by atoms with Gasteiger partial charge in [-0.1, -0.05) is 31.1 Å². The van der Waals surface area contributed by atoms with Crippen LogP contribution in [0.25, 0.3) is 5.57 Å². The van der Waals surface area contributed by atoms with Gasteiger partial charge in [0.2, 0.25) is 0 Å². The first kappa shape index (κ1) is 18.4. The second kappa shape index (κ2) is 9.42. The van der Waals surface area contributed by atoms with Gasteiger partial charge in [0.05, 0.1) is 0 Å². The first-order chi connectivity index (χ1) is 10.5.